The van der Waals surface area contributed by atoms with Gasteiger partial charge in [-0.1, -0.05) is 0 Å². The number of hydrogen-bond acceptors (Lipinski definition) is 3. The van der Waals surface area contributed by atoms with E-state index in [9.17, 15) is 4.79 Å². The predicted molar refractivity (Wildman–Crippen MR) is 45.7 cm³/mol. The van der Waals surface area contributed by atoms with Crippen LogP contribution in [0.4, 0.5) is 0 Å². The molecule has 5 heteroatoms. The Balaban J connectivity index is 2.64. The molecule has 2 N–H and O–H groups in total. The number of carbonyl (C=O) groups is 1. The normalized spacial score (nSPS) is 12.9. The molecule has 1 aromatic rings. The van der Waals surface area contributed by atoms with E-state index in [1.807, 2.05) is 7.05 Å². The molecule has 1 heterocycles. The zero-order chi connectivity index (χ0) is 9.14. The average Bonchev–Trinajstić information content (AvgIpc) is 2.36. The maximum Gasteiger partial charge on any atom is 0.238 e. The summed E-state index contributed by atoms with van der Waals surface area (Å²) in [6.07, 6.45) is 3.75. The Morgan fingerprint density at radius 1 is 1.92 bits per heavy atom. The van der Waals surface area contributed by atoms with Crippen LogP contribution < -0.4 is 5.73 Å². The van der Waals surface area contributed by atoms with Gasteiger partial charge in [0.05, 0.1) is 12.4 Å². The zero-order valence-electron chi connectivity index (χ0n) is 6.70. The molecule has 0 fully saturated rings. The number of imidazole rings is 1. The minimum Gasteiger partial charge on any atom is -0.338 e. The number of aromatic nitrogens is 2. The van der Waals surface area contributed by atoms with Crippen LogP contribution >= 0.6 is 11.6 Å². The van der Waals surface area contributed by atoms with Gasteiger partial charge in [0.25, 0.3) is 0 Å². The SMILES string of the molecule is Cn1cncc1C[C@H](N)C(=O)Cl. The van der Waals surface area contributed by atoms with Gasteiger partial charge in [0.2, 0.25) is 5.24 Å². The second kappa shape index (κ2) is 3.69. The summed E-state index contributed by atoms with van der Waals surface area (Å²) < 4.78 is 1.81. The molecule has 1 rings (SSSR count). The van der Waals surface area contributed by atoms with Crippen molar-refractivity contribution < 1.29 is 4.79 Å². The van der Waals surface area contributed by atoms with Crippen molar-refractivity contribution in [3.05, 3.63) is 18.2 Å². The number of carbonyl (C=O) groups excluding carboxylic acids is 1. The van der Waals surface area contributed by atoms with Crippen molar-refractivity contribution in [2.75, 3.05) is 0 Å². The Labute approximate surface area is 75.3 Å². The van der Waals surface area contributed by atoms with Gasteiger partial charge in [0, 0.05) is 25.4 Å². The van der Waals surface area contributed by atoms with E-state index in [0.717, 1.165) is 5.69 Å². The molecule has 1 atom stereocenters. The van der Waals surface area contributed by atoms with E-state index in [0.29, 0.717) is 6.42 Å². The Hall–Kier alpha value is -0.870. The standard InChI is InChI=1S/C7H10ClN3O/c1-11-4-10-3-5(11)2-6(9)7(8)12/h3-4,6H,2,9H2,1H3/t6-/m0/s1. The molecule has 0 aromatic carbocycles. The molecular formula is C7H10ClN3O. The summed E-state index contributed by atoms with van der Waals surface area (Å²) in [5, 5.41) is -0.517. The smallest absolute Gasteiger partial charge is 0.238 e. The first-order chi connectivity index (χ1) is 5.61. The van der Waals surface area contributed by atoms with Crippen molar-refractivity contribution in [1.29, 1.82) is 0 Å². The summed E-state index contributed by atoms with van der Waals surface area (Å²) in [6.45, 7) is 0. The topological polar surface area (TPSA) is 60.9 Å². The van der Waals surface area contributed by atoms with Crippen LogP contribution in [0.5, 0.6) is 0 Å². The molecule has 0 bridgehead atoms. The zero-order valence-corrected chi connectivity index (χ0v) is 7.45. The summed E-state index contributed by atoms with van der Waals surface area (Å²) in [6, 6.07) is -0.637. The highest BCUT2D eigenvalue weighted by atomic mass is 35.5. The van der Waals surface area contributed by atoms with Crippen molar-refractivity contribution in [2.45, 2.75) is 12.5 Å². The van der Waals surface area contributed by atoms with Crippen molar-refractivity contribution in [1.82, 2.24) is 9.55 Å². The first-order valence-corrected chi connectivity index (χ1v) is 3.89. The largest absolute Gasteiger partial charge is 0.338 e. The Kier molecular flexibility index (Phi) is 2.83. The summed E-state index contributed by atoms with van der Waals surface area (Å²) >= 11 is 5.20. The van der Waals surface area contributed by atoms with Gasteiger partial charge in [-0.25, -0.2) is 4.98 Å². The lowest BCUT2D eigenvalue weighted by Gasteiger charge is -2.05. The number of rotatable bonds is 3. The number of nitrogens with two attached hydrogens (primary N) is 1. The number of hydrogen-bond donors (Lipinski definition) is 1. The molecule has 4 nitrogen and oxygen atoms in total. The van der Waals surface area contributed by atoms with Crippen molar-refractivity contribution in [2.24, 2.45) is 12.8 Å². The molecular weight excluding hydrogens is 178 g/mol. The van der Waals surface area contributed by atoms with Gasteiger partial charge in [0.1, 0.15) is 0 Å². The molecule has 12 heavy (non-hydrogen) atoms. The highest BCUT2D eigenvalue weighted by Crippen LogP contribution is 2.01. The maximum atomic E-state index is 10.6. The molecule has 0 saturated carbocycles. The molecule has 0 aliphatic rings. The molecule has 0 unspecified atom stereocenters. The van der Waals surface area contributed by atoms with E-state index in [1.54, 1.807) is 17.1 Å². The molecule has 0 spiro atoms. The van der Waals surface area contributed by atoms with Crippen LogP contribution in [0.1, 0.15) is 5.69 Å². The maximum absolute atomic E-state index is 10.6. The fourth-order valence-electron chi connectivity index (χ4n) is 0.887. The number of nitrogens with zero attached hydrogens (tertiary/aromatic N) is 2. The van der Waals surface area contributed by atoms with Crippen molar-refractivity contribution in [3.63, 3.8) is 0 Å². The Morgan fingerprint density at radius 2 is 2.58 bits per heavy atom. The van der Waals surface area contributed by atoms with Crippen molar-refractivity contribution >= 4 is 16.8 Å². The van der Waals surface area contributed by atoms with Gasteiger partial charge < -0.3 is 10.3 Å². The average molecular weight is 188 g/mol. The van der Waals surface area contributed by atoms with E-state index in [-0.39, 0.29) is 0 Å². The monoisotopic (exact) mass is 187 g/mol. The van der Waals surface area contributed by atoms with E-state index in [1.165, 1.54) is 0 Å². The first-order valence-electron chi connectivity index (χ1n) is 3.51. The summed E-state index contributed by atoms with van der Waals surface area (Å²) in [7, 11) is 1.84. The fourth-order valence-corrected chi connectivity index (χ4v) is 0.964. The van der Waals surface area contributed by atoms with E-state index in [4.69, 9.17) is 17.3 Å². The van der Waals surface area contributed by atoms with Crippen LogP contribution in [-0.2, 0) is 18.3 Å². The third-order valence-electron chi connectivity index (χ3n) is 1.64. The lowest BCUT2D eigenvalue weighted by Crippen LogP contribution is -2.29. The minimum atomic E-state index is -0.637. The molecule has 0 saturated heterocycles. The van der Waals surface area contributed by atoms with Crippen LogP contribution in [0.15, 0.2) is 12.5 Å². The van der Waals surface area contributed by atoms with Crippen LogP contribution in [-0.4, -0.2) is 20.8 Å². The molecule has 1 aromatic heterocycles. The molecule has 0 aliphatic carbocycles. The van der Waals surface area contributed by atoms with Crippen LogP contribution in [0.25, 0.3) is 0 Å². The fraction of sp³-hybridized carbons (Fsp3) is 0.429. The number of aryl methyl sites for hydroxylation is 1. The van der Waals surface area contributed by atoms with E-state index < -0.39 is 11.3 Å². The van der Waals surface area contributed by atoms with Gasteiger partial charge in [-0.2, -0.15) is 0 Å². The van der Waals surface area contributed by atoms with Gasteiger partial charge in [0.15, 0.2) is 0 Å². The second-order valence-electron chi connectivity index (χ2n) is 2.61. The quantitative estimate of drug-likeness (QED) is 0.681. The van der Waals surface area contributed by atoms with Crippen LogP contribution in [0, 0.1) is 0 Å². The first kappa shape index (κ1) is 9.22. The van der Waals surface area contributed by atoms with E-state index >= 15 is 0 Å². The molecule has 66 valence electrons. The third kappa shape index (κ3) is 2.06. The lowest BCUT2D eigenvalue weighted by molar-refractivity contribution is -0.112. The highest BCUT2D eigenvalue weighted by Gasteiger charge is 2.12. The van der Waals surface area contributed by atoms with Crippen molar-refractivity contribution in [3.8, 4) is 0 Å². The highest BCUT2D eigenvalue weighted by molar-refractivity contribution is 6.64. The molecule has 0 radical (unpaired) electrons. The summed E-state index contributed by atoms with van der Waals surface area (Å²) in [5.41, 5.74) is 6.35. The predicted octanol–water partition coefficient (Wildman–Crippen LogP) is 0.0553. The van der Waals surface area contributed by atoms with Gasteiger partial charge in [-0.3, -0.25) is 4.79 Å². The Morgan fingerprint density at radius 3 is 3.00 bits per heavy atom. The minimum absolute atomic E-state index is 0.429. The summed E-state index contributed by atoms with van der Waals surface area (Å²) in [5.74, 6) is 0. The Bertz CT molecular complexity index is 284. The van der Waals surface area contributed by atoms with Gasteiger partial charge in [-0.15, -0.1) is 0 Å². The van der Waals surface area contributed by atoms with Gasteiger partial charge in [-0.05, 0) is 11.6 Å². The lowest BCUT2D eigenvalue weighted by atomic mass is 10.2. The number of halogens is 1. The molecule has 0 aliphatic heterocycles. The van der Waals surface area contributed by atoms with E-state index in [2.05, 4.69) is 4.98 Å². The third-order valence-corrected chi connectivity index (χ3v) is 1.92. The molecule has 0 amide bonds. The van der Waals surface area contributed by atoms with Crippen LogP contribution in [0.2, 0.25) is 0 Å². The van der Waals surface area contributed by atoms with Gasteiger partial charge >= 0.3 is 0 Å². The second-order valence-corrected chi connectivity index (χ2v) is 2.98. The summed E-state index contributed by atoms with van der Waals surface area (Å²) in [4.78, 5) is 14.5. The van der Waals surface area contributed by atoms with Crippen LogP contribution in [0.3, 0.4) is 0 Å².